The van der Waals surface area contributed by atoms with Gasteiger partial charge in [0, 0.05) is 25.9 Å². The first-order valence-corrected chi connectivity index (χ1v) is 7.06. The van der Waals surface area contributed by atoms with Crippen molar-refractivity contribution >= 4 is 23.3 Å². The maximum atomic E-state index is 12.4. The molecule has 1 fully saturated rings. The zero-order valence-corrected chi connectivity index (χ0v) is 12.2. The third-order valence-corrected chi connectivity index (χ3v) is 3.58. The largest absolute Gasteiger partial charge is 0.377 e. The smallest absolute Gasteiger partial charge is 0.255 e. The van der Waals surface area contributed by atoms with Gasteiger partial charge in [-0.3, -0.25) is 4.79 Å². The second-order valence-corrected chi connectivity index (χ2v) is 5.08. The molecule has 0 spiro atoms. The van der Waals surface area contributed by atoms with E-state index in [1.165, 1.54) is 6.20 Å². The number of amides is 1. The number of carbonyl (C=O) groups is 1. The van der Waals surface area contributed by atoms with E-state index in [1.807, 2.05) is 6.92 Å². The van der Waals surface area contributed by atoms with E-state index in [0.717, 1.165) is 19.4 Å². The van der Waals surface area contributed by atoms with E-state index in [4.69, 9.17) is 22.2 Å². The minimum absolute atomic E-state index is 0.0765. The minimum Gasteiger partial charge on any atom is -0.377 e. The molecule has 2 heterocycles. The summed E-state index contributed by atoms with van der Waals surface area (Å²) in [6.45, 7) is 3.97. The fraction of sp³-hybridized carbons (Fsp3) is 0.538. The SMILES string of the molecule is CCOC1CCCN(C(=O)c2cnc(NN)c(Cl)c2)C1. The molecule has 0 bridgehead atoms. The summed E-state index contributed by atoms with van der Waals surface area (Å²) in [4.78, 5) is 18.2. The number of halogens is 1. The van der Waals surface area contributed by atoms with E-state index in [2.05, 4.69) is 10.4 Å². The van der Waals surface area contributed by atoms with Gasteiger partial charge in [-0.2, -0.15) is 0 Å². The molecule has 1 aliphatic heterocycles. The highest BCUT2D eigenvalue weighted by molar-refractivity contribution is 6.33. The van der Waals surface area contributed by atoms with E-state index < -0.39 is 0 Å². The van der Waals surface area contributed by atoms with E-state index >= 15 is 0 Å². The Bertz CT molecular complexity index is 481. The molecule has 1 unspecified atom stereocenters. The molecular weight excluding hydrogens is 280 g/mol. The average molecular weight is 299 g/mol. The molecule has 1 aromatic rings. The molecular formula is C13H19ClN4O2. The second kappa shape index (κ2) is 6.88. The number of hydrogen-bond donors (Lipinski definition) is 2. The number of piperidine rings is 1. The molecule has 1 atom stereocenters. The van der Waals surface area contributed by atoms with Crippen molar-refractivity contribution in [2.45, 2.75) is 25.9 Å². The zero-order valence-electron chi connectivity index (χ0n) is 11.4. The lowest BCUT2D eigenvalue weighted by atomic mass is 10.1. The van der Waals surface area contributed by atoms with E-state index in [9.17, 15) is 4.79 Å². The normalized spacial score (nSPS) is 18.9. The number of carbonyl (C=O) groups excluding carboxylic acids is 1. The van der Waals surface area contributed by atoms with Crippen LogP contribution in [0.25, 0.3) is 0 Å². The summed E-state index contributed by atoms with van der Waals surface area (Å²) >= 11 is 5.99. The summed E-state index contributed by atoms with van der Waals surface area (Å²) in [5.41, 5.74) is 2.84. The summed E-state index contributed by atoms with van der Waals surface area (Å²) < 4.78 is 5.60. The molecule has 6 nitrogen and oxygen atoms in total. The third-order valence-electron chi connectivity index (χ3n) is 3.29. The number of hydrazine groups is 1. The Labute approximate surface area is 123 Å². The number of hydrogen-bond acceptors (Lipinski definition) is 5. The van der Waals surface area contributed by atoms with Crippen molar-refractivity contribution in [3.05, 3.63) is 22.8 Å². The number of nitrogens with two attached hydrogens (primary N) is 1. The Morgan fingerprint density at radius 2 is 2.50 bits per heavy atom. The van der Waals surface area contributed by atoms with Crippen molar-refractivity contribution in [2.24, 2.45) is 5.84 Å². The number of likely N-dealkylation sites (tertiary alicyclic amines) is 1. The Balaban J connectivity index is 2.08. The van der Waals surface area contributed by atoms with Crippen LogP contribution in [-0.4, -0.2) is 41.6 Å². The van der Waals surface area contributed by atoms with Crippen molar-refractivity contribution in [1.82, 2.24) is 9.88 Å². The summed E-state index contributed by atoms with van der Waals surface area (Å²) in [6, 6.07) is 1.58. The van der Waals surface area contributed by atoms with Gasteiger partial charge in [-0.15, -0.1) is 0 Å². The lowest BCUT2D eigenvalue weighted by Gasteiger charge is -2.32. The first-order valence-electron chi connectivity index (χ1n) is 6.68. The molecule has 0 aromatic carbocycles. The Hall–Kier alpha value is -1.37. The molecule has 2 rings (SSSR count). The van der Waals surface area contributed by atoms with Gasteiger partial charge in [0.05, 0.1) is 16.7 Å². The third kappa shape index (κ3) is 3.39. The predicted molar refractivity (Wildman–Crippen MR) is 77.6 cm³/mol. The quantitative estimate of drug-likeness (QED) is 0.653. The van der Waals surface area contributed by atoms with Crippen molar-refractivity contribution in [1.29, 1.82) is 0 Å². The molecule has 0 aliphatic carbocycles. The molecule has 1 amide bonds. The number of pyridine rings is 1. The highest BCUT2D eigenvalue weighted by Gasteiger charge is 2.25. The van der Waals surface area contributed by atoms with Crippen molar-refractivity contribution < 1.29 is 9.53 Å². The van der Waals surface area contributed by atoms with Gasteiger partial charge in [0.25, 0.3) is 5.91 Å². The van der Waals surface area contributed by atoms with Gasteiger partial charge < -0.3 is 15.1 Å². The second-order valence-electron chi connectivity index (χ2n) is 4.67. The van der Waals surface area contributed by atoms with Crippen molar-refractivity contribution in [3.8, 4) is 0 Å². The maximum absolute atomic E-state index is 12.4. The Morgan fingerprint density at radius 3 is 3.15 bits per heavy atom. The molecule has 20 heavy (non-hydrogen) atoms. The van der Waals surface area contributed by atoms with Gasteiger partial charge in [-0.05, 0) is 25.8 Å². The van der Waals surface area contributed by atoms with Gasteiger partial charge in [-0.1, -0.05) is 11.6 Å². The summed E-state index contributed by atoms with van der Waals surface area (Å²) in [5.74, 6) is 5.54. The lowest BCUT2D eigenvalue weighted by Crippen LogP contribution is -2.43. The number of nitrogen functional groups attached to an aromatic ring is 1. The molecule has 1 aromatic heterocycles. The van der Waals surface area contributed by atoms with E-state index in [-0.39, 0.29) is 12.0 Å². The van der Waals surface area contributed by atoms with Crippen LogP contribution in [0, 0.1) is 0 Å². The van der Waals surface area contributed by atoms with Crippen LogP contribution in [0.5, 0.6) is 0 Å². The lowest BCUT2D eigenvalue weighted by molar-refractivity contribution is 0.00723. The van der Waals surface area contributed by atoms with Gasteiger partial charge in [0.1, 0.15) is 0 Å². The Kier molecular flexibility index (Phi) is 5.17. The van der Waals surface area contributed by atoms with Crippen LogP contribution in [-0.2, 0) is 4.74 Å². The fourth-order valence-corrected chi connectivity index (χ4v) is 2.56. The fourth-order valence-electron chi connectivity index (χ4n) is 2.34. The summed E-state index contributed by atoms with van der Waals surface area (Å²) in [5, 5.41) is 0.330. The number of rotatable bonds is 4. The molecule has 1 saturated heterocycles. The van der Waals surface area contributed by atoms with Crippen LogP contribution in [0.3, 0.4) is 0 Å². The van der Waals surface area contributed by atoms with Crippen LogP contribution < -0.4 is 11.3 Å². The van der Waals surface area contributed by atoms with E-state index in [1.54, 1.807) is 11.0 Å². The molecule has 0 radical (unpaired) electrons. The number of anilines is 1. The monoisotopic (exact) mass is 298 g/mol. The molecule has 110 valence electrons. The summed E-state index contributed by atoms with van der Waals surface area (Å²) in [7, 11) is 0. The Morgan fingerprint density at radius 1 is 1.70 bits per heavy atom. The van der Waals surface area contributed by atoms with Crippen LogP contribution >= 0.6 is 11.6 Å². The highest BCUT2D eigenvalue weighted by atomic mass is 35.5. The molecule has 3 N–H and O–H groups in total. The predicted octanol–water partition coefficient (Wildman–Crippen LogP) is 1.66. The average Bonchev–Trinajstić information content (AvgIpc) is 2.47. The number of ether oxygens (including phenoxy) is 1. The molecule has 7 heteroatoms. The highest BCUT2D eigenvalue weighted by Crippen LogP contribution is 2.21. The zero-order chi connectivity index (χ0) is 14.5. The topological polar surface area (TPSA) is 80.5 Å². The minimum atomic E-state index is -0.0765. The number of nitrogens with zero attached hydrogens (tertiary/aromatic N) is 2. The molecule has 1 aliphatic rings. The van der Waals surface area contributed by atoms with Crippen molar-refractivity contribution in [2.75, 3.05) is 25.1 Å². The van der Waals surface area contributed by atoms with Gasteiger partial charge >= 0.3 is 0 Å². The van der Waals surface area contributed by atoms with Gasteiger partial charge in [0.2, 0.25) is 0 Å². The van der Waals surface area contributed by atoms with Crippen LogP contribution in [0.4, 0.5) is 5.82 Å². The number of aromatic nitrogens is 1. The standard InChI is InChI=1S/C13H19ClN4O2/c1-2-20-10-4-3-5-18(8-10)13(19)9-6-11(14)12(17-15)16-7-9/h6-7,10H,2-5,8,15H2,1H3,(H,16,17). The van der Waals surface area contributed by atoms with Crippen molar-refractivity contribution in [3.63, 3.8) is 0 Å². The number of nitrogens with one attached hydrogen (secondary N) is 1. The van der Waals surface area contributed by atoms with Gasteiger partial charge in [-0.25, -0.2) is 10.8 Å². The first-order chi connectivity index (χ1) is 9.65. The van der Waals surface area contributed by atoms with E-state index in [0.29, 0.717) is 29.6 Å². The van der Waals surface area contributed by atoms with Gasteiger partial charge in [0.15, 0.2) is 5.82 Å². The summed E-state index contributed by atoms with van der Waals surface area (Å²) in [6.07, 6.45) is 3.53. The van der Waals surface area contributed by atoms with Crippen LogP contribution in [0.1, 0.15) is 30.1 Å². The maximum Gasteiger partial charge on any atom is 0.255 e. The first kappa shape index (κ1) is 15.0. The molecule has 0 saturated carbocycles. The van der Waals surface area contributed by atoms with Crippen LogP contribution in [0.2, 0.25) is 5.02 Å². The van der Waals surface area contributed by atoms with Crippen LogP contribution in [0.15, 0.2) is 12.3 Å².